The maximum absolute atomic E-state index is 11.1. The highest BCUT2D eigenvalue weighted by molar-refractivity contribution is 6.09. The molecule has 1 aromatic heterocycles. The van der Waals surface area contributed by atoms with Gasteiger partial charge in [0, 0.05) is 23.5 Å². The number of aromatic amines is 1. The smallest absolute Gasteiger partial charge is 0.248 e. The third kappa shape index (κ3) is 8.77. The van der Waals surface area contributed by atoms with Crippen molar-refractivity contribution in [1.29, 1.82) is 0 Å². The van der Waals surface area contributed by atoms with Gasteiger partial charge in [-0.2, -0.15) is 0 Å². The van der Waals surface area contributed by atoms with Crippen molar-refractivity contribution in [2.24, 2.45) is 4.99 Å². The molecule has 0 aliphatic heterocycles. The Morgan fingerprint density at radius 1 is 1.32 bits per heavy atom. The molecule has 0 radical (unpaired) electrons. The fourth-order valence-electron chi connectivity index (χ4n) is 1.17. The average Bonchev–Trinajstić information content (AvgIpc) is 2.42. The second-order valence-corrected chi connectivity index (χ2v) is 3.17. The number of nitrogens with zero attached hydrogens (tertiary/aromatic N) is 1. The van der Waals surface area contributed by atoms with Gasteiger partial charge in [-0.15, -0.1) is 0 Å². The quantitative estimate of drug-likeness (QED) is 0.810. The van der Waals surface area contributed by atoms with E-state index in [0.29, 0.717) is 5.70 Å². The molecule has 0 saturated heterocycles. The summed E-state index contributed by atoms with van der Waals surface area (Å²) in [5.41, 5.74) is 2.12. The summed E-state index contributed by atoms with van der Waals surface area (Å²) in [5.74, 6) is 0. The summed E-state index contributed by atoms with van der Waals surface area (Å²) < 4.78 is 0. The molecule has 0 saturated carbocycles. The van der Waals surface area contributed by atoms with Gasteiger partial charge < -0.3 is 4.98 Å². The highest BCUT2D eigenvalue weighted by atomic mass is 16.1. The second-order valence-electron chi connectivity index (χ2n) is 3.17. The van der Waals surface area contributed by atoms with Gasteiger partial charge in [-0.05, 0) is 26.0 Å². The number of aliphatic imine (C=N–C) groups is 1. The van der Waals surface area contributed by atoms with E-state index >= 15 is 0 Å². The first-order valence-corrected chi connectivity index (χ1v) is 6.69. The van der Waals surface area contributed by atoms with E-state index in [1.54, 1.807) is 6.20 Å². The third-order valence-electron chi connectivity index (χ3n) is 1.71. The van der Waals surface area contributed by atoms with E-state index in [1.165, 1.54) is 6.07 Å². The van der Waals surface area contributed by atoms with Crippen molar-refractivity contribution >= 4 is 5.71 Å². The first-order valence-electron chi connectivity index (χ1n) is 6.69. The summed E-state index contributed by atoms with van der Waals surface area (Å²) in [7, 11) is 0. The van der Waals surface area contributed by atoms with Crippen LogP contribution in [0.25, 0.3) is 0 Å². The molecular formula is C16H26N2O. The summed E-state index contributed by atoms with van der Waals surface area (Å²) in [6.45, 7) is 15.4. The fourth-order valence-corrected chi connectivity index (χ4v) is 1.17. The Hall–Kier alpha value is -1.90. The molecule has 0 amide bonds. The number of hydrogen-bond donors (Lipinski definition) is 1. The average molecular weight is 262 g/mol. The van der Waals surface area contributed by atoms with E-state index in [2.05, 4.69) is 16.6 Å². The summed E-state index contributed by atoms with van der Waals surface area (Å²) in [4.78, 5) is 18.0. The fraction of sp³-hybridized carbons (Fsp3) is 0.375. The number of pyridine rings is 1. The SMILES string of the molecule is C=C(C)N=C(/C=C\C)c1cc[nH]c(=O)c1.CC.CC. The van der Waals surface area contributed by atoms with E-state index < -0.39 is 0 Å². The van der Waals surface area contributed by atoms with Crippen molar-refractivity contribution in [3.8, 4) is 0 Å². The topological polar surface area (TPSA) is 45.2 Å². The van der Waals surface area contributed by atoms with Gasteiger partial charge >= 0.3 is 0 Å². The lowest BCUT2D eigenvalue weighted by atomic mass is 10.1. The summed E-state index contributed by atoms with van der Waals surface area (Å²) in [6.07, 6.45) is 5.33. The normalized spacial score (nSPS) is 10.1. The van der Waals surface area contributed by atoms with Crippen molar-refractivity contribution in [3.63, 3.8) is 0 Å². The summed E-state index contributed by atoms with van der Waals surface area (Å²) >= 11 is 0. The minimum Gasteiger partial charge on any atom is -0.329 e. The van der Waals surface area contributed by atoms with Gasteiger partial charge in [0.1, 0.15) is 0 Å². The highest BCUT2D eigenvalue weighted by Crippen LogP contribution is 2.02. The number of aromatic nitrogens is 1. The minimum atomic E-state index is -0.133. The van der Waals surface area contributed by atoms with Gasteiger partial charge in [0.05, 0.1) is 5.71 Å². The molecule has 0 bridgehead atoms. The van der Waals surface area contributed by atoms with Crippen molar-refractivity contribution in [2.75, 3.05) is 0 Å². The molecule has 0 aliphatic rings. The number of H-pyrrole nitrogens is 1. The monoisotopic (exact) mass is 262 g/mol. The molecule has 0 fully saturated rings. The van der Waals surface area contributed by atoms with E-state index in [4.69, 9.17) is 0 Å². The lowest BCUT2D eigenvalue weighted by Crippen LogP contribution is -2.07. The Kier molecular flexibility index (Phi) is 12.8. The zero-order valence-electron chi connectivity index (χ0n) is 12.9. The van der Waals surface area contributed by atoms with Crippen molar-refractivity contribution < 1.29 is 0 Å². The Bertz CT molecular complexity index is 468. The number of hydrogen-bond acceptors (Lipinski definition) is 2. The maximum Gasteiger partial charge on any atom is 0.248 e. The zero-order chi connectivity index (χ0) is 15.3. The molecule has 1 rings (SSSR count). The number of rotatable bonds is 3. The zero-order valence-corrected chi connectivity index (χ0v) is 12.9. The second kappa shape index (κ2) is 12.6. The van der Waals surface area contributed by atoms with E-state index in [0.717, 1.165) is 11.3 Å². The van der Waals surface area contributed by atoms with Gasteiger partial charge in [0.2, 0.25) is 5.56 Å². The lowest BCUT2D eigenvalue weighted by Gasteiger charge is -2.00. The van der Waals surface area contributed by atoms with Gasteiger partial charge in [-0.1, -0.05) is 40.3 Å². The molecule has 1 N–H and O–H groups in total. The number of nitrogens with one attached hydrogen (secondary N) is 1. The van der Waals surface area contributed by atoms with Gasteiger partial charge in [0.15, 0.2) is 0 Å². The standard InChI is InChI=1S/C12H14N2O.2C2H6/c1-4-5-11(14-9(2)3)10-6-7-13-12(15)8-10;2*1-2/h4-8H,2H2,1,3H3,(H,13,15);2*1-2H3/b5-4-,14-11?;;. The van der Waals surface area contributed by atoms with Crippen molar-refractivity contribution in [3.05, 3.63) is 58.7 Å². The molecule has 19 heavy (non-hydrogen) atoms. The predicted molar refractivity (Wildman–Crippen MR) is 85.9 cm³/mol. The Balaban J connectivity index is 0. The van der Waals surface area contributed by atoms with Crippen LogP contribution in [0.4, 0.5) is 0 Å². The third-order valence-corrected chi connectivity index (χ3v) is 1.71. The molecular weight excluding hydrogens is 236 g/mol. The molecule has 1 aromatic rings. The lowest BCUT2D eigenvalue weighted by molar-refractivity contribution is 1.23. The van der Waals surface area contributed by atoms with Crippen molar-refractivity contribution in [2.45, 2.75) is 41.5 Å². The first kappa shape index (κ1) is 19.4. The Morgan fingerprint density at radius 3 is 2.32 bits per heavy atom. The molecule has 3 heteroatoms. The van der Waals surface area contributed by atoms with E-state index in [-0.39, 0.29) is 5.56 Å². The van der Waals surface area contributed by atoms with Crippen LogP contribution in [-0.2, 0) is 0 Å². The highest BCUT2D eigenvalue weighted by Gasteiger charge is 1.99. The van der Waals surface area contributed by atoms with Gasteiger partial charge in [0.25, 0.3) is 0 Å². The summed E-state index contributed by atoms with van der Waals surface area (Å²) in [6, 6.07) is 3.32. The minimum absolute atomic E-state index is 0.133. The van der Waals surface area contributed by atoms with Crippen LogP contribution in [0.1, 0.15) is 47.1 Å². The summed E-state index contributed by atoms with van der Waals surface area (Å²) in [5, 5.41) is 0. The molecule has 3 nitrogen and oxygen atoms in total. The Labute approximate surface area is 116 Å². The van der Waals surface area contributed by atoms with E-state index in [1.807, 2.05) is 59.8 Å². The predicted octanol–water partition coefficient (Wildman–Crippen LogP) is 4.33. The van der Waals surface area contributed by atoms with Crippen LogP contribution in [0, 0.1) is 0 Å². The largest absolute Gasteiger partial charge is 0.329 e. The van der Waals surface area contributed by atoms with Crippen LogP contribution >= 0.6 is 0 Å². The maximum atomic E-state index is 11.1. The first-order chi connectivity index (χ1) is 9.13. The van der Waals surface area contributed by atoms with Crippen LogP contribution in [0.15, 0.2) is 52.5 Å². The van der Waals surface area contributed by atoms with Crippen LogP contribution < -0.4 is 5.56 Å². The van der Waals surface area contributed by atoms with Crippen LogP contribution in [0.2, 0.25) is 0 Å². The molecule has 0 spiro atoms. The molecule has 1 heterocycles. The van der Waals surface area contributed by atoms with Crippen LogP contribution in [-0.4, -0.2) is 10.7 Å². The molecule has 0 aromatic carbocycles. The number of allylic oxidation sites excluding steroid dienone is 3. The van der Waals surface area contributed by atoms with Crippen LogP contribution in [0.3, 0.4) is 0 Å². The molecule has 0 aliphatic carbocycles. The molecule has 0 atom stereocenters. The molecule has 0 unspecified atom stereocenters. The van der Waals surface area contributed by atoms with E-state index in [9.17, 15) is 4.79 Å². The van der Waals surface area contributed by atoms with Crippen LogP contribution in [0.5, 0.6) is 0 Å². The Morgan fingerprint density at radius 2 is 1.89 bits per heavy atom. The van der Waals surface area contributed by atoms with Crippen molar-refractivity contribution in [1.82, 2.24) is 4.98 Å². The molecule has 106 valence electrons. The van der Waals surface area contributed by atoms with Gasteiger partial charge in [-0.25, -0.2) is 0 Å². The van der Waals surface area contributed by atoms with Gasteiger partial charge in [-0.3, -0.25) is 9.79 Å².